The molecule has 3 amide bonds. The van der Waals surface area contributed by atoms with Crippen LogP contribution >= 0.6 is 0 Å². The van der Waals surface area contributed by atoms with E-state index in [1.807, 2.05) is 32.7 Å². The molecular formula is C23H30FN5O2. The van der Waals surface area contributed by atoms with E-state index in [4.69, 9.17) is 0 Å². The van der Waals surface area contributed by atoms with Gasteiger partial charge >= 0.3 is 6.03 Å². The number of rotatable bonds is 6. The van der Waals surface area contributed by atoms with Crippen LogP contribution in [0.15, 0.2) is 36.5 Å². The predicted octanol–water partition coefficient (Wildman–Crippen LogP) is 3.86. The number of hydrogen-bond acceptors (Lipinski definition) is 4. The Kier molecular flexibility index (Phi) is 7.22. The van der Waals surface area contributed by atoms with E-state index in [-0.39, 0.29) is 23.6 Å². The molecule has 1 aromatic carbocycles. The first kappa shape index (κ1) is 22.7. The number of carbonyl (C=O) groups excluding carboxylic acids is 2. The number of nitrogens with zero attached hydrogens (tertiary/aromatic N) is 3. The summed E-state index contributed by atoms with van der Waals surface area (Å²) in [6.07, 6.45) is 2.46. The summed E-state index contributed by atoms with van der Waals surface area (Å²) in [6, 6.07) is 7.90. The number of likely N-dealkylation sites (N-methyl/N-ethyl adjacent to an activating group) is 1. The van der Waals surface area contributed by atoms with Crippen LogP contribution < -0.4 is 10.6 Å². The van der Waals surface area contributed by atoms with Crippen molar-refractivity contribution in [1.82, 2.24) is 14.8 Å². The molecule has 1 atom stereocenters. The molecule has 0 spiro atoms. The highest BCUT2D eigenvalue weighted by molar-refractivity contribution is 5.99. The van der Waals surface area contributed by atoms with Crippen molar-refractivity contribution in [3.8, 4) is 0 Å². The number of benzene rings is 1. The van der Waals surface area contributed by atoms with Crippen molar-refractivity contribution in [3.63, 3.8) is 0 Å². The highest BCUT2D eigenvalue weighted by atomic mass is 19.1. The number of aromatic nitrogens is 1. The van der Waals surface area contributed by atoms with Crippen molar-refractivity contribution in [2.75, 3.05) is 30.8 Å². The second kappa shape index (κ2) is 9.87. The molecule has 1 saturated heterocycles. The Bertz CT molecular complexity index is 932. The van der Waals surface area contributed by atoms with E-state index in [0.29, 0.717) is 12.2 Å². The molecule has 1 fully saturated rings. The molecule has 31 heavy (non-hydrogen) atoms. The van der Waals surface area contributed by atoms with Crippen LogP contribution in [0.2, 0.25) is 0 Å². The number of pyridine rings is 1. The molecule has 166 valence electrons. The van der Waals surface area contributed by atoms with Gasteiger partial charge in [-0.2, -0.15) is 0 Å². The number of urea groups is 1. The Morgan fingerprint density at radius 3 is 2.71 bits per heavy atom. The summed E-state index contributed by atoms with van der Waals surface area (Å²) in [7, 11) is 1.86. The van der Waals surface area contributed by atoms with Gasteiger partial charge in [0.05, 0.1) is 17.6 Å². The van der Waals surface area contributed by atoms with Crippen LogP contribution in [-0.4, -0.2) is 52.9 Å². The Hall–Kier alpha value is -3.00. The molecular weight excluding hydrogens is 397 g/mol. The first-order valence-corrected chi connectivity index (χ1v) is 10.5. The molecule has 1 aromatic heterocycles. The summed E-state index contributed by atoms with van der Waals surface area (Å²) in [5.41, 5.74) is 2.39. The average Bonchev–Trinajstić information content (AvgIpc) is 3.19. The van der Waals surface area contributed by atoms with Gasteiger partial charge in [-0.1, -0.05) is 19.9 Å². The summed E-state index contributed by atoms with van der Waals surface area (Å²) in [4.78, 5) is 32.7. The van der Waals surface area contributed by atoms with Gasteiger partial charge in [-0.05, 0) is 43.2 Å². The smallest absolute Gasteiger partial charge is 0.323 e. The van der Waals surface area contributed by atoms with Gasteiger partial charge in [0.2, 0.25) is 5.91 Å². The highest BCUT2D eigenvalue weighted by Gasteiger charge is 2.29. The zero-order valence-corrected chi connectivity index (χ0v) is 18.5. The summed E-state index contributed by atoms with van der Waals surface area (Å²) in [5, 5.41) is 5.22. The Labute approximate surface area is 182 Å². The standard InChI is InChI=1S/C23H30FN5O2/c1-15(2)22(30)28(4)19-9-10-29(14-19)13-17-6-8-20(24)21(11-17)27-23(31)26-18-7-5-16(3)25-12-18/h5-8,11-12,15,19H,9-10,13-14H2,1-4H3,(H2,26,27,31). The molecule has 1 aliphatic heterocycles. The molecule has 1 unspecified atom stereocenters. The summed E-state index contributed by atoms with van der Waals surface area (Å²) < 4.78 is 14.3. The predicted molar refractivity (Wildman–Crippen MR) is 119 cm³/mol. The van der Waals surface area contributed by atoms with Gasteiger partial charge in [0, 0.05) is 44.3 Å². The maximum atomic E-state index is 14.3. The maximum Gasteiger partial charge on any atom is 0.323 e. The first-order chi connectivity index (χ1) is 14.7. The molecule has 8 heteroatoms. The number of nitrogens with one attached hydrogen (secondary N) is 2. The molecule has 0 saturated carbocycles. The molecule has 2 N–H and O–H groups in total. The van der Waals surface area contributed by atoms with Gasteiger partial charge in [-0.25, -0.2) is 9.18 Å². The van der Waals surface area contributed by atoms with Gasteiger partial charge in [-0.15, -0.1) is 0 Å². The number of carbonyl (C=O) groups is 2. The quantitative estimate of drug-likeness (QED) is 0.734. The molecule has 0 radical (unpaired) electrons. The fourth-order valence-electron chi connectivity index (χ4n) is 3.71. The SMILES string of the molecule is Cc1ccc(NC(=O)Nc2cc(CN3CCC(N(C)C(=O)C(C)C)C3)ccc2F)cn1. The Balaban J connectivity index is 1.59. The minimum Gasteiger partial charge on any atom is -0.341 e. The minimum atomic E-state index is -0.531. The Morgan fingerprint density at radius 2 is 2.03 bits per heavy atom. The van der Waals surface area contributed by atoms with Crippen LogP contribution in [0, 0.1) is 18.7 Å². The van der Waals surface area contributed by atoms with Crippen LogP contribution in [0.4, 0.5) is 20.6 Å². The molecule has 0 aliphatic carbocycles. The van der Waals surface area contributed by atoms with Gasteiger partial charge in [0.1, 0.15) is 5.82 Å². The number of hydrogen-bond donors (Lipinski definition) is 2. The zero-order valence-electron chi connectivity index (χ0n) is 18.5. The third-order valence-corrected chi connectivity index (χ3v) is 5.49. The summed E-state index contributed by atoms with van der Waals surface area (Å²) >= 11 is 0. The van der Waals surface area contributed by atoms with E-state index in [9.17, 15) is 14.0 Å². The van der Waals surface area contributed by atoms with E-state index in [0.717, 1.165) is 30.8 Å². The van der Waals surface area contributed by atoms with Crippen LogP contribution in [0.3, 0.4) is 0 Å². The lowest BCUT2D eigenvalue weighted by atomic mass is 10.1. The fraction of sp³-hybridized carbons (Fsp3) is 0.435. The molecule has 7 nitrogen and oxygen atoms in total. The largest absolute Gasteiger partial charge is 0.341 e. The maximum absolute atomic E-state index is 14.3. The van der Waals surface area contributed by atoms with Crippen molar-refractivity contribution in [3.05, 3.63) is 53.6 Å². The second-order valence-electron chi connectivity index (χ2n) is 8.36. The van der Waals surface area contributed by atoms with E-state index in [1.54, 1.807) is 30.5 Å². The lowest BCUT2D eigenvalue weighted by molar-refractivity contribution is -0.135. The number of aryl methyl sites for hydroxylation is 1. The normalized spacial score (nSPS) is 16.4. The molecule has 2 heterocycles. The van der Waals surface area contributed by atoms with Gasteiger partial charge < -0.3 is 15.5 Å². The third-order valence-electron chi connectivity index (χ3n) is 5.49. The van der Waals surface area contributed by atoms with Crippen molar-refractivity contribution in [2.45, 2.75) is 39.8 Å². The number of halogens is 1. The monoisotopic (exact) mass is 427 g/mol. The average molecular weight is 428 g/mol. The number of likely N-dealkylation sites (tertiary alicyclic amines) is 1. The second-order valence-corrected chi connectivity index (χ2v) is 8.36. The van der Waals surface area contributed by atoms with Gasteiger partial charge in [0.25, 0.3) is 0 Å². The molecule has 2 aromatic rings. The van der Waals surface area contributed by atoms with Gasteiger partial charge in [-0.3, -0.25) is 14.7 Å². The van der Waals surface area contributed by atoms with Crippen molar-refractivity contribution < 1.29 is 14.0 Å². The fourth-order valence-corrected chi connectivity index (χ4v) is 3.71. The third kappa shape index (κ3) is 6.01. The lowest BCUT2D eigenvalue weighted by Gasteiger charge is -2.26. The number of amides is 3. The van der Waals surface area contributed by atoms with Crippen molar-refractivity contribution >= 4 is 23.3 Å². The van der Waals surface area contributed by atoms with Crippen LogP contribution in [0.25, 0.3) is 0 Å². The first-order valence-electron chi connectivity index (χ1n) is 10.5. The van der Waals surface area contributed by atoms with E-state index in [1.165, 1.54) is 6.07 Å². The molecule has 3 rings (SSSR count). The topological polar surface area (TPSA) is 77.6 Å². The van der Waals surface area contributed by atoms with Crippen molar-refractivity contribution in [1.29, 1.82) is 0 Å². The molecule has 1 aliphatic rings. The Morgan fingerprint density at radius 1 is 1.26 bits per heavy atom. The van der Waals surface area contributed by atoms with Crippen molar-refractivity contribution in [2.24, 2.45) is 5.92 Å². The van der Waals surface area contributed by atoms with E-state index < -0.39 is 11.8 Å². The minimum absolute atomic E-state index is 0.0216. The van der Waals surface area contributed by atoms with E-state index >= 15 is 0 Å². The van der Waals surface area contributed by atoms with Crippen LogP contribution in [0.1, 0.15) is 31.5 Å². The summed E-state index contributed by atoms with van der Waals surface area (Å²) in [5.74, 6) is -0.371. The zero-order chi connectivity index (χ0) is 22.5. The van der Waals surface area contributed by atoms with Crippen LogP contribution in [-0.2, 0) is 11.3 Å². The van der Waals surface area contributed by atoms with Crippen LogP contribution in [0.5, 0.6) is 0 Å². The number of anilines is 2. The lowest BCUT2D eigenvalue weighted by Crippen LogP contribution is -2.41. The van der Waals surface area contributed by atoms with E-state index in [2.05, 4.69) is 20.5 Å². The summed E-state index contributed by atoms with van der Waals surface area (Å²) in [6.45, 7) is 7.93. The highest BCUT2D eigenvalue weighted by Crippen LogP contribution is 2.22. The molecule has 0 bridgehead atoms. The van der Waals surface area contributed by atoms with Gasteiger partial charge in [0.15, 0.2) is 0 Å².